The van der Waals surface area contributed by atoms with Gasteiger partial charge >= 0.3 is 12.1 Å². The summed E-state index contributed by atoms with van der Waals surface area (Å²) >= 11 is 5.83. The molecule has 0 fully saturated rings. The van der Waals surface area contributed by atoms with E-state index in [4.69, 9.17) is 16.3 Å². The van der Waals surface area contributed by atoms with Crippen LogP contribution in [0, 0.1) is 6.92 Å². The number of hydrogen-bond donors (Lipinski definition) is 1. The van der Waals surface area contributed by atoms with E-state index in [9.17, 15) is 22.8 Å². The minimum absolute atomic E-state index is 0.428. The Hall–Kier alpha value is -2.55. The largest absolute Gasteiger partial charge is 0.454 e. The first-order valence-electron chi connectivity index (χ1n) is 6.97. The first-order chi connectivity index (χ1) is 11.6. The molecule has 25 heavy (non-hydrogen) atoms. The maximum absolute atomic E-state index is 12.4. The average Bonchev–Trinajstić information content (AvgIpc) is 2.97. The molecule has 2 rings (SSSR count). The number of amides is 1. The lowest BCUT2D eigenvalue weighted by molar-refractivity contribution is -0.148. The highest BCUT2D eigenvalue weighted by molar-refractivity contribution is 6.31. The summed E-state index contributed by atoms with van der Waals surface area (Å²) in [6.07, 6.45) is -3.59. The number of nitrogens with one attached hydrogen (secondary N) is 1. The third kappa shape index (κ3) is 5.49. The number of carbonyl (C=O) groups excluding carboxylic acids is 2. The molecule has 1 aromatic carbocycles. The van der Waals surface area contributed by atoms with E-state index in [2.05, 4.69) is 10.4 Å². The van der Waals surface area contributed by atoms with Gasteiger partial charge < -0.3 is 10.1 Å². The van der Waals surface area contributed by atoms with E-state index in [0.717, 1.165) is 22.5 Å². The number of rotatable bonds is 5. The second kappa shape index (κ2) is 7.56. The Morgan fingerprint density at radius 1 is 1.32 bits per heavy atom. The highest BCUT2D eigenvalue weighted by Gasteiger charge is 2.33. The Bertz CT molecular complexity index is 790. The number of halogens is 4. The molecule has 134 valence electrons. The molecule has 2 aromatic rings. The molecule has 0 atom stereocenters. The number of ether oxygens (including phenoxy) is 1. The first kappa shape index (κ1) is 18.8. The van der Waals surface area contributed by atoms with Crippen molar-refractivity contribution in [2.75, 3.05) is 11.9 Å². The summed E-state index contributed by atoms with van der Waals surface area (Å²) in [4.78, 5) is 23.3. The lowest BCUT2D eigenvalue weighted by Crippen LogP contribution is -2.23. The van der Waals surface area contributed by atoms with Crippen molar-refractivity contribution in [3.05, 3.63) is 46.7 Å². The number of hydrogen-bond acceptors (Lipinski definition) is 4. The van der Waals surface area contributed by atoms with Crippen LogP contribution >= 0.6 is 11.6 Å². The summed E-state index contributed by atoms with van der Waals surface area (Å²) in [5.74, 6) is -1.50. The van der Waals surface area contributed by atoms with Crippen LogP contribution in [-0.2, 0) is 27.0 Å². The van der Waals surface area contributed by atoms with Crippen molar-refractivity contribution in [1.82, 2.24) is 9.78 Å². The van der Waals surface area contributed by atoms with Gasteiger partial charge in [0.05, 0.1) is 0 Å². The Kier molecular flexibility index (Phi) is 5.68. The van der Waals surface area contributed by atoms with Crippen molar-refractivity contribution in [2.45, 2.75) is 19.6 Å². The summed E-state index contributed by atoms with van der Waals surface area (Å²) in [6, 6.07) is 5.65. The number of benzene rings is 1. The molecule has 0 aliphatic heterocycles. The predicted molar refractivity (Wildman–Crippen MR) is 83.0 cm³/mol. The quantitative estimate of drug-likeness (QED) is 0.815. The van der Waals surface area contributed by atoms with Gasteiger partial charge in [-0.1, -0.05) is 17.7 Å². The molecule has 0 unspecified atom stereocenters. The van der Waals surface area contributed by atoms with Gasteiger partial charge in [0.1, 0.15) is 6.54 Å². The molecule has 0 aliphatic carbocycles. The summed E-state index contributed by atoms with van der Waals surface area (Å²) in [6.45, 7) is 0.631. The minimum atomic E-state index is -4.59. The molecule has 0 saturated carbocycles. The third-order valence-corrected chi connectivity index (χ3v) is 3.30. The summed E-state index contributed by atoms with van der Waals surface area (Å²) in [5.41, 5.74) is 0.116. The standard InChI is InChI=1S/C15H13ClF3N3O3/c1-9-2-3-10(16)6-11(9)20-13(23)8-25-14(24)7-22-5-4-12(21-22)15(17,18)19/h2-6H,7-8H2,1H3,(H,20,23). The van der Waals surface area contributed by atoms with Gasteiger partial charge in [-0.25, -0.2) is 0 Å². The Labute approximate surface area is 145 Å². The smallest absolute Gasteiger partial charge is 0.435 e. The van der Waals surface area contributed by atoms with Crippen LogP contribution in [0.25, 0.3) is 0 Å². The van der Waals surface area contributed by atoms with Crippen LogP contribution in [-0.4, -0.2) is 28.3 Å². The maximum atomic E-state index is 12.4. The van der Waals surface area contributed by atoms with Crippen molar-refractivity contribution in [1.29, 1.82) is 0 Å². The molecule has 1 amide bonds. The normalized spacial score (nSPS) is 11.2. The Morgan fingerprint density at radius 2 is 2.04 bits per heavy atom. The van der Waals surface area contributed by atoms with Crippen LogP contribution in [0.3, 0.4) is 0 Å². The van der Waals surface area contributed by atoms with Gasteiger partial charge in [0.2, 0.25) is 0 Å². The van der Waals surface area contributed by atoms with Crippen molar-refractivity contribution < 1.29 is 27.5 Å². The van der Waals surface area contributed by atoms with E-state index >= 15 is 0 Å². The van der Waals surface area contributed by atoms with E-state index in [1.54, 1.807) is 25.1 Å². The monoisotopic (exact) mass is 375 g/mol. The van der Waals surface area contributed by atoms with Crippen molar-refractivity contribution in [2.24, 2.45) is 0 Å². The van der Waals surface area contributed by atoms with Gasteiger partial charge in [-0.2, -0.15) is 18.3 Å². The van der Waals surface area contributed by atoms with Gasteiger partial charge in [0.25, 0.3) is 5.91 Å². The predicted octanol–water partition coefficient (Wildman–Crippen LogP) is 3.05. The lowest BCUT2D eigenvalue weighted by atomic mass is 10.2. The molecular formula is C15H13ClF3N3O3. The van der Waals surface area contributed by atoms with Crippen molar-refractivity contribution in [3.63, 3.8) is 0 Å². The number of aryl methyl sites for hydroxylation is 1. The zero-order valence-electron chi connectivity index (χ0n) is 12.9. The molecule has 0 radical (unpaired) electrons. The number of nitrogens with zero attached hydrogens (tertiary/aromatic N) is 2. The van der Waals surface area contributed by atoms with Gasteiger partial charge in [-0.05, 0) is 30.7 Å². The van der Waals surface area contributed by atoms with Gasteiger partial charge in [-0.15, -0.1) is 0 Å². The number of aromatic nitrogens is 2. The van der Waals surface area contributed by atoms with Crippen molar-refractivity contribution >= 4 is 29.2 Å². The highest BCUT2D eigenvalue weighted by Crippen LogP contribution is 2.27. The van der Waals surface area contributed by atoms with Crippen LogP contribution in [0.4, 0.5) is 18.9 Å². The first-order valence-corrected chi connectivity index (χ1v) is 7.35. The SMILES string of the molecule is Cc1ccc(Cl)cc1NC(=O)COC(=O)Cn1ccc(C(F)(F)F)n1. The fourth-order valence-corrected chi connectivity index (χ4v) is 2.01. The van der Waals surface area contributed by atoms with E-state index in [0.29, 0.717) is 10.7 Å². The molecule has 1 N–H and O–H groups in total. The zero-order valence-corrected chi connectivity index (χ0v) is 13.7. The molecule has 10 heteroatoms. The van der Waals surface area contributed by atoms with Crippen LogP contribution in [0.2, 0.25) is 5.02 Å². The third-order valence-electron chi connectivity index (χ3n) is 3.06. The Morgan fingerprint density at radius 3 is 2.68 bits per heavy atom. The van der Waals surface area contributed by atoms with Crippen LogP contribution in [0.1, 0.15) is 11.3 Å². The van der Waals surface area contributed by atoms with E-state index in [1.165, 1.54) is 0 Å². The molecule has 0 spiro atoms. The maximum Gasteiger partial charge on any atom is 0.435 e. The van der Waals surface area contributed by atoms with Gasteiger partial charge in [0, 0.05) is 16.9 Å². The zero-order chi connectivity index (χ0) is 18.6. The van der Waals surface area contributed by atoms with E-state index in [-0.39, 0.29) is 0 Å². The molecule has 0 aliphatic rings. The fourth-order valence-electron chi connectivity index (χ4n) is 1.84. The Balaban J connectivity index is 1.84. The number of carbonyl (C=O) groups is 2. The number of alkyl halides is 3. The lowest BCUT2D eigenvalue weighted by Gasteiger charge is -2.09. The number of esters is 1. The number of anilines is 1. The minimum Gasteiger partial charge on any atom is -0.454 e. The van der Waals surface area contributed by atoms with Gasteiger partial charge in [-0.3, -0.25) is 14.3 Å². The molecule has 6 nitrogen and oxygen atoms in total. The summed E-state index contributed by atoms with van der Waals surface area (Å²) in [7, 11) is 0. The van der Waals surface area contributed by atoms with Crippen molar-refractivity contribution in [3.8, 4) is 0 Å². The molecule has 1 aromatic heterocycles. The molecule has 0 saturated heterocycles. The molecular weight excluding hydrogens is 363 g/mol. The van der Waals surface area contributed by atoms with Crippen LogP contribution in [0.5, 0.6) is 0 Å². The summed E-state index contributed by atoms with van der Waals surface area (Å²) in [5, 5.41) is 6.16. The fraction of sp³-hybridized carbons (Fsp3) is 0.267. The van der Waals surface area contributed by atoms with Gasteiger partial charge in [0.15, 0.2) is 12.3 Å². The van der Waals surface area contributed by atoms with E-state index in [1.807, 2.05) is 0 Å². The van der Waals surface area contributed by atoms with Crippen LogP contribution < -0.4 is 5.32 Å². The second-order valence-electron chi connectivity index (χ2n) is 5.06. The molecule has 1 heterocycles. The average molecular weight is 376 g/mol. The summed E-state index contributed by atoms with van der Waals surface area (Å²) < 4.78 is 42.7. The highest BCUT2D eigenvalue weighted by atomic mass is 35.5. The van der Waals surface area contributed by atoms with E-state index < -0.39 is 36.9 Å². The second-order valence-corrected chi connectivity index (χ2v) is 5.50. The van der Waals surface area contributed by atoms with Crippen LogP contribution in [0.15, 0.2) is 30.5 Å². The molecule has 0 bridgehead atoms. The topological polar surface area (TPSA) is 73.2 Å².